The number of carboxylic acids is 1. The van der Waals surface area contributed by atoms with Gasteiger partial charge in [-0.25, -0.2) is 13.6 Å². The third-order valence-corrected chi connectivity index (χ3v) is 4.04. The molecule has 0 unspecified atom stereocenters. The van der Waals surface area contributed by atoms with Crippen molar-refractivity contribution in [2.45, 2.75) is 6.54 Å². The van der Waals surface area contributed by atoms with Crippen LogP contribution >= 0.6 is 0 Å². The molecule has 6 heteroatoms. The van der Waals surface area contributed by atoms with Gasteiger partial charge >= 0.3 is 5.97 Å². The Morgan fingerprint density at radius 2 is 1.73 bits per heavy atom. The molecule has 3 rings (SSSR count). The summed E-state index contributed by atoms with van der Waals surface area (Å²) >= 11 is 0. The number of aliphatic carboxylic acids is 1. The second kappa shape index (κ2) is 7.31. The molecular formula is C20H15F2NO3. The van der Waals surface area contributed by atoms with Crippen molar-refractivity contribution in [2.75, 3.05) is 6.67 Å². The van der Waals surface area contributed by atoms with E-state index in [0.717, 1.165) is 6.08 Å². The lowest BCUT2D eigenvalue weighted by Gasteiger charge is -2.17. The molecule has 0 aliphatic carbocycles. The van der Waals surface area contributed by atoms with Crippen LogP contribution in [0.2, 0.25) is 0 Å². The molecule has 0 aliphatic rings. The van der Waals surface area contributed by atoms with Crippen molar-refractivity contribution in [3.63, 3.8) is 0 Å². The standard InChI is InChI=1S/C20H15F2NO3/c21-11-12-23-19(13-5-7-14(22)8-6-13)16(9-10-18(24)25)15-3-1-2-4-17(15)20(23)26/h1-10H,11-12H2,(H,24,25)/b10-9+. The smallest absolute Gasteiger partial charge is 0.328 e. The first kappa shape index (κ1) is 17.5. The predicted molar refractivity (Wildman–Crippen MR) is 96.2 cm³/mol. The van der Waals surface area contributed by atoms with E-state index in [2.05, 4.69) is 0 Å². The summed E-state index contributed by atoms with van der Waals surface area (Å²) in [6, 6.07) is 12.2. The molecule has 0 radical (unpaired) electrons. The fourth-order valence-electron chi connectivity index (χ4n) is 2.96. The number of carboxylic acid groups (broad SMARTS) is 1. The summed E-state index contributed by atoms with van der Waals surface area (Å²) < 4.78 is 27.7. The Balaban J connectivity index is 2.46. The number of benzene rings is 2. The molecule has 1 N–H and O–H groups in total. The Morgan fingerprint density at radius 3 is 2.35 bits per heavy atom. The summed E-state index contributed by atoms with van der Waals surface area (Å²) in [6.07, 6.45) is 2.33. The number of alkyl halides is 1. The van der Waals surface area contributed by atoms with Crippen molar-refractivity contribution in [1.29, 1.82) is 0 Å². The van der Waals surface area contributed by atoms with Gasteiger partial charge in [-0.2, -0.15) is 0 Å². The van der Waals surface area contributed by atoms with Gasteiger partial charge < -0.3 is 9.67 Å². The van der Waals surface area contributed by atoms with Crippen molar-refractivity contribution in [2.24, 2.45) is 0 Å². The molecule has 0 spiro atoms. The first-order chi connectivity index (χ1) is 12.5. The van der Waals surface area contributed by atoms with Crippen LogP contribution in [0.15, 0.2) is 59.4 Å². The van der Waals surface area contributed by atoms with E-state index >= 15 is 0 Å². The maximum atomic E-state index is 13.3. The average molecular weight is 355 g/mol. The summed E-state index contributed by atoms with van der Waals surface area (Å²) in [4.78, 5) is 23.9. The van der Waals surface area contributed by atoms with Crippen molar-refractivity contribution in [1.82, 2.24) is 4.57 Å². The number of hydrogen-bond acceptors (Lipinski definition) is 2. The molecule has 0 amide bonds. The van der Waals surface area contributed by atoms with E-state index in [1.165, 1.54) is 34.9 Å². The van der Waals surface area contributed by atoms with Crippen molar-refractivity contribution >= 4 is 22.8 Å². The lowest BCUT2D eigenvalue weighted by molar-refractivity contribution is -0.131. The van der Waals surface area contributed by atoms with Crippen LogP contribution in [-0.2, 0) is 11.3 Å². The number of halogens is 2. The minimum atomic E-state index is -1.15. The first-order valence-electron chi connectivity index (χ1n) is 7.91. The number of fused-ring (bicyclic) bond motifs is 1. The first-order valence-corrected chi connectivity index (χ1v) is 7.91. The molecule has 132 valence electrons. The monoisotopic (exact) mass is 355 g/mol. The second-order valence-corrected chi connectivity index (χ2v) is 5.63. The molecule has 1 aromatic heterocycles. The minimum absolute atomic E-state index is 0.190. The lowest BCUT2D eigenvalue weighted by Crippen LogP contribution is -2.24. The van der Waals surface area contributed by atoms with E-state index in [1.807, 2.05) is 0 Å². The summed E-state index contributed by atoms with van der Waals surface area (Å²) in [5, 5.41) is 9.91. The van der Waals surface area contributed by atoms with E-state index in [9.17, 15) is 18.4 Å². The second-order valence-electron chi connectivity index (χ2n) is 5.63. The van der Waals surface area contributed by atoms with Crippen molar-refractivity contribution in [3.8, 4) is 11.3 Å². The van der Waals surface area contributed by atoms with Gasteiger partial charge in [-0.1, -0.05) is 18.2 Å². The maximum Gasteiger partial charge on any atom is 0.328 e. The fourth-order valence-corrected chi connectivity index (χ4v) is 2.96. The average Bonchev–Trinajstić information content (AvgIpc) is 2.63. The third kappa shape index (κ3) is 3.26. The van der Waals surface area contributed by atoms with E-state index in [4.69, 9.17) is 5.11 Å². The molecule has 2 aromatic carbocycles. The summed E-state index contributed by atoms with van der Waals surface area (Å²) in [5.74, 6) is -1.60. The van der Waals surface area contributed by atoms with Crippen LogP contribution in [0.5, 0.6) is 0 Å². The van der Waals surface area contributed by atoms with Gasteiger partial charge in [0.05, 0.1) is 12.2 Å². The van der Waals surface area contributed by atoms with Gasteiger partial charge in [0.2, 0.25) is 0 Å². The molecule has 0 aliphatic heterocycles. The van der Waals surface area contributed by atoms with Gasteiger partial charge in [0, 0.05) is 17.0 Å². The molecule has 0 bridgehead atoms. The minimum Gasteiger partial charge on any atom is -0.478 e. The van der Waals surface area contributed by atoms with Crippen LogP contribution in [0.4, 0.5) is 8.78 Å². The van der Waals surface area contributed by atoms with Crippen LogP contribution in [0.3, 0.4) is 0 Å². The molecule has 1 heterocycles. The van der Waals surface area contributed by atoms with Gasteiger partial charge in [-0.3, -0.25) is 4.79 Å². The molecule has 4 nitrogen and oxygen atoms in total. The van der Waals surface area contributed by atoms with Crippen LogP contribution in [-0.4, -0.2) is 22.3 Å². The number of rotatable bonds is 5. The molecular weight excluding hydrogens is 340 g/mol. The van der Waals surface area contributed by atoms with Crippen LogP contribution in [0.25, 0.3) is 28.1 Å². The predicted octanol–water partition coefficient (Wildman–Crippen LogP) is 3.87. The Hall–Kier alpha value is -3.28. The van der Waals surface area contributed by atoms with Crippen LogP contribution < -0.4 is 5.56 Å². The number of nitrogens with zero attached hydrogens (tertiary/aromatic N) is 1. The summed E-state index contributed by atoms with van der Waals surface area (Å²) in [6.45, 7) is -0.960. The van der Waals surface area contributed by atoms with Gasteiger partial charge in [0.1, 0.15) is 12.5 Å². The molecule has 0 atom stereocenters. The van der Waals surface area contributed by atoms with Crippen molar-refractivity contribution < 1.29 is 18.7 Å². The highest BCUT2D eigenvalue weighted by molar-refractivity contribution is 5.98. The lowest BCUT2D eigenvalue weighted by atomic mass is 9.98. The fraction of sp³-hybridized carbons (Fsp3) is 0.100. The zero-order valence-electron chi connectivity index (χ0n) is 13.7. The summed E-state index contributed by atoms with van der Waals surface area (Å²) in [7, 11) is 0. The maximum absolute atomic E-state index is 13.3. The van der Waals surface area contributed by atoms with E-state index in [1.54, 1.807) is 24.3 Å². The SMILES string of the molecule is O=C(O)/C=C/c1c(-c2ccc(F)cc2)n(CCF)c(=O)c2ccccc12. The highest BCUT2D eigenvalue weighted by atomic mass is 19.1. The zero-order valence-corrected chi connectivity index (χ0v) is 13.7. The molecule has 0 saturated heterocycles. The Bertz CT molecular complexity index is 1050. The molecule has 26 heavy (non-hydrogen) atoms. The van der Waals surface area contributed by atoms with E-state index < -0.39 is 18.5 Å². The van der Waals surface area contributed by atoms with E-state index in [-0.39, 0.29) is 12.1 Å². The van der Waals surface area contributed by atoms with Gasteiger partial charge in [0.25, 0.3) is 5.56 Å². The van der Waals surface area contributed by atoms with Crippen LogP contribution in [0, 0.1) is 5.82 Å². The van der Waals surface area contributed by atoms with E-state index in [0.29, 0.717) is 27.6 Å². The van der Waals surface area contributed by atoms with Crippen molar-refractivity contribution in [3.05, 3.63) is 76.3 Å². The zero-order chi connectivity index (χ0) is 18.7. The van der Waals surface area contributed by atoms with Gasteiger partial charge in [-0.05, 0) is 47.4 Å². The Labute approximate surface area is 147 Å². The quantitative estimate of drug-likeness (QED) is 0.707. The highest BCUT2D eigenvalue weighted by Crippen LogP contribution is 2.30. The van der Waals surface area contributed by atoms with Gasteiger partial charge in [-0.15, -0.1) is 0 Å². The number of carbonyl (C=O) groups is 1. The molecule has 0 fully saturated rings. The Kier molecular flexibility index (Phi) is 4.93. The topological polar surface area (TPSA) is 59.3 Å². The normalized spacial score (nSPS) is 11.3. The Morgan fingerprint density at radius 1 is 1.08 bits per heavy atom. The molecule has 3 aromatic rings. The molecule has 0 saturated carbocycles. The van der Waals surface area contributed by atoms with Crippen LogP contribution in [0.1, 0.15) is 5.56 Å². The van der Waals surface area contributed by atoms with Gasteiger partial charge in [0.15, 0.2) is 0 Å². The number of aromatic nitrogens is 1. The number of pyridine rings is 1. The third-order valence-electron chi connectivity index (χ3n) is 4.04. The number of hydrogen-bond donors (Lipinski definition) is 1. The summed E-state index contributed by atoms with van der Waals surface area (Å²) in [5.41, 5.74) is 0.921. The highest BCUT2D eigenvalue weighted by Gasteiger charge is 2.17. The largest absolute Gasteiger partial charge is 0.478 e.